The average molecular weight is 331 g/mol. The number of benzene rings is 1. The Morgan fingerprint density at radius 2 is 2.17 bits per heavy atom. The number of rotatable bonds is 1. The molecule has 1 amide bonds. The van der Waals surface area contributed by atoms with Crippen molar-refractivity contribution in [2.24, 2.45) is 5.92 Å². The second-order valence-corrected chi connectivity index (χ2v) is 7.31. The van der Waals surface area contributed by atoms with Gasteiger partial charge < -0.3 is 4.74 Å². The highest BCUT2D eigenvalue weighted by molar-refractivity contribution is 5.87. The monoisotopic (exact) mass is 331 g/mol. The summed E-state index contributed by atoms with van der Waals surface area (Å²) in [4.78, 5) is 14.1. The molecule has 24 heavy (non-hydrogen) atoms. The lowest BCUT2D eigenvalue weighted by Gasteiger charge is -2.34. The second-order valence-electron chi connectivity index (χ2n) is 7.31. The zero-order valence-corrected chi connectivity index (χ0v) is 14.4. The van der Waals surface area contributed by atoms with Crippen LogP contribution >= 0.6 is 0 Å². The molecule has 0 saturated heterocycles. The number of amides is 1. The Morgan fingerprint density at radius 3 is 2.88 bits per heavy atom. The Morgan fingerprint density at radius 1 is 1.42 bits per heavy atom. The van der Waals surface area contributed by atoms with E-state index in [2.05, 4.69) is 17.1 Å². The number of aromatic amines is 1. The fourth-order valence-corrected chi connectivity index (χ4v) is 2.81. The highest BCUT2D eigenvalue weighted by Gasteiger charge is 2.30. The van der Waals surface area contributed by atoms with Crippen LogP contribution < -0.4 is 0 Å². The first-order chi connectivity index (χ1) is 11.2. The lowest BCUT2D eigenvalue weighted by atomic mass is 9.97. The molecule has 2 aromatic rings. The van der Waals surface area contributed by atoms with Crippen LogP contribution in [0.5, 0.6) is 0 Å². The maximum Gasteiger partial charge on any atom is 0.414 e. The van der Waals surface area contributed by atoms with Crippen molar-refractivity contribution in [3.63, 3.8) is 0 Å². The zero-order valence-electron chi connectivity index (χ0n) is 14.4. The number of hydrogen-bond donors (Lipinski definition) is 1. The molecule has 3 rings (SSSR count). The number of hydrogen-bond acceptors (Lipinski definition) is 3. The number of halogens is 1. The molecule has 2 heterocycles. The number of carbonyl (C=O) groups excluding carboxylic acids is 1. The molecule has 6 heteroatoms. The molecule has 1 aliphatic rings. The van der Waals surface area contributed by atoms with E-state index in [4.69, 9.17) is 4.74 Å². The predicted molar refractivity (Wildman–Crippen MR) is 90.7 cm³/mol. The number of fused-ring (bicyclic) bond motifs is 1. The third kappa shape index (κ3) is 3.27. The number of aromatic nitrogens is 2. The minimum Gasteiger partial charge on any atom is -0.443 e. The van der Waals surface area contributed by atoms with Crippen molar-refractivity contribution in [3.05, 3.63) is 35.8 Å². The van der Waals surface area contributed by atoms with Gasteiger partial charge in [-0.1, -0.05) is 13.0 Å². The molecule has 5 nitrogen and oxygen atoms in total. The van der Waals surface area contributed by atoms with Gasteiger partial charge >= 0.3 is 6.09 Å². The fourth-order valence-electron chi connectivity index (χ4n) is 2.81. The summed E-state index contributed by atoms with van der Waals surface area (Å²) in [6.07, 6.45) is 3.88. The molecule has 1 atom stereocenters. The first kappa shape index (κ1) is 16.5. The molecule has 0 saturated carbocycles. The standard InChI is InChI=1S/C18H22FN3O2/c1-11-5-6-16(22(10-11)17(23)24-18(2,3)4)13-7-12-9-20-21-15(12)8-14(13)19/h6-9,11H,5,10H2,1-4H3,(H,20,21). The Kier molecular flexibility index (Phi) is 4.07. The van der Waals surface area contributed by atoms with E-state index < -0.39 is 11.7 Å². The lowest BCUT2D eigenvalue weighted by molar-refractivity contribution is 0.0327. The Bertz CT molecular complexity index is 804. The Labute approximate surface area is 140 Å². The molecule has 1 N–H and O–H groups in total. The van der Waals surface area contributed by atoms with Crippen molar-refractivity contribution in [2.45, 2.75) is 39.7 Å². The minimum absolute atomic E-state index is 0.294. The number of carbonyl (C=O) groups is 1. The van der Waals surface area contributed by atoms with Gasteiger partial charge in [0.15, 0.2) is 0 Å². The number of nitrogens with one attached hydrogen (secondary N) is 1. The van der Waals surface area contributed by atoms with Crippen molar-refractivity contribution in [2.75, 3.05) is 6.54 Å². The van der Waals surface area contributed by atoms with Crippen LogP contribution in [0.25, 0.3) is 16.6 Å². The third-order valence-corrected chi connectivity index (χ3v) is 3.92. The van der Waals surface area contributed by atoms with Gasteiger partial charge in [0, 0.05) is 23.6 Å². The van der Waals surface area contributed by atoms with E-state index in [0.29, 0.717) is 29.2 Å². The molecule has 0 bridgehead atoms. The van der Waals surface area contributed by atoms with Crippen molar-refractivity contribution >= 4 is 22.7 Å². The van der Waals surface area contributed by atoms with E-state index >= 15 is 0 Å². The molecule has 0 aliphatic carbocycles. The minimum atomic E-state index is -0.601. The second kappa shape index (κ2) is 5.92. The summed E-state index contributed by atoms with van der Waals surface area (Å²) in [6, 6.07) is 3.12. The maximum atomic E-state index is 14.6. The Hall–Kier alpha value is -2.37. The molecule has 0 radical (unpaired) electrons. The molecular weight excluding hydrogens is 309 g/mol. The van der Waals surface area contributed by atoms with Crippen molar-refractivity contribution in [1.29, 1.82) is 0 Å². The van der Waals surface area contributed by atoms with E-state index in [9.17, 15) is 9.18 Å². The summed E-state index contributed by atoms with van der Waals surface area (Å²) in [5, 5.41) is 7.48. The van der Waals surface area contributed by atoms with Gasteiger partial charge in [0.1, 0.15) is 11.4 Å². The van der Waals surface area contributed by atoms with Crippen LogP contribution in [-0.2, 0) is 4.74 Å². The van der Waals surface area contributed by atoms with Crippen molar-refractivity contribution in [1.82, 2.24) is 15.1 Å². The van der Waals surface area contributed by atoms with E-state index in [1.165, 1.54) is 11.0 Å². The van der Waals surface area contributed by atoms with Crippen molar-refractivity contribution in [3.8, 4) is 0 Å². The normalized spacial score (nSPS) is 18.6. The molecule has 0 fully saturated rings. The maximum absolute atomic E-state index is 14.6. The summed E-state index contributed by atoms with van der Waals surface area (Å²) in [5.74, 6) is -0.0944. The van der Waals surface area contributed by atoms with Gasteiger partial charge in [0.05, 0.1) is 17.4 Å². The number of ether oxygens (including phenoxy) is 1. The van der Waals surface area contributed by atoms with E-state index in [1.807, 2.05) is 26.8 Å². The predicted octanol–water partition coefficient (Wildman–Crippen LogP) is 4.32. The van der Waals surface area contributed by atoms with Gasteiger partial charge in [-0.25, -0.2) is 9.18 Å². The first-order valence-corrected chi connectivity index (χ1v) is 8.08. The van der Waals surface area contributed by atoms with E-state index in [-0.39, 0.29) is 5.82 Å². The van der Waals surface area contributed by atoms with Gasteiger partial charge in [-0.15, -0.1) is 0 Å². The largest absolute Gasteiger partial charge is 0.443 e. The quantitative estimate of drug-likeness (QED) is 0.846. The number of allylic oxidation sites excluding steroid dienone is 1. The third-order valence-electron chi connectivity index (χ3n) is 3.92. The van der Waals surface area contributed by atoms with Crippen LogP contribution in [0.3, 0.4) is 0 Å². The van der Waals surface area contributed by atoms with Gasteiger partial charge in [0.2, 0.25) is 0 Å². The molecular formula is C18H22FN3O2. The topological polar surface area (TPSA) is 58.2 Å². The van der Waals surface area contributed by atoms with Crippen LogP contribution in [0.1, 0.15) is 39.7 Å². The van der Waals surface area contributed by atoms with Crippen LogP contribution in [-0.4, -0.2) is 33.3 Å². The number of H-pyrrole nitrogens is 1. The van der Waals surface area contributed by atoms with Gasteiger partial charge in [-0.05, 0) is 39.2 Å². The summed E-state index contributed by atoms with van der Waals surface area (Å²) in [7, 11) is 0. The molecule has 1 aromatic heterocycles. The van der Waals surface area contributed by atoms with Gasteiger partial charge in [-0.3, -0.25) is 10.00 Å². The molecule has 1 aliphatic heterocycles. The SMILES string of the molecule is CC1CC=C(c2cc3cn[nH]c3cc2F)N(C(=O)OC(C)(C)C)C1. The highest BCUT2D eigenvalue weighted by Crippen LogP contribution is 2.32. The van der Waals surface area contributed by atoms with Crippen LogP contribution in [0.2, 0.25) is 0 Å². The van der Waals surface area contributed by atoms with Gasteiger partial charge in [0.25, 0.3) is 0 Å². The van der Waals surface area contributed by atoms with E-state index in [0.717, 1.165) is 11.8 Å². The van der Waals surface area contributed by atoms with Gasteiger partial charge in [-0.2, -0.15) is 5.10 Å². The molecule has 1 unspecified atom stereocenters. The fraction of sp³-hybridized carbons (Fsp3) is 0.444. The van der Waals surface area contributed by atoms with Crippen LogP contribution in [0, 0.1) is 11.7 Å². The Balaban J connectivity index is 2.01. The summed E-state index contributed by atoms with van der Waals surface area (Å²) in [6.45, 7) is 8.02. The van der Waals surface area contributed by atoms with Crippen molar-refractivity contribution < 1.29 is 13.9 Å². The number of nitrogens with zero attached hydrogens (tertiary/aromatic N) is 2. The highest BCUT2D eigenvalue weighted by atomic mass is 19.1. The first-order valence-electron chi connectivity index (χ1n) is 8.08. The zero-order chi connectivity index (χ0) is 17.5. The summed E-state index contributed by atoms with van der Waals surface area (Å²) < 4.78 is 20.1. The van der Waals surface area contributed by atoms with Crippen LogP contribution in [0.4, 0.5) is 9.18 Å². The average Bonchev–Trinajstić information content (AvgIpc) is 2.91. The smallest absolute Gasteiger partial charge is 0.414 e. The molecule has 128 valence electrons. The van der Waals surface area contributed by atoms with Crippen LogP contribution in [0.15, 0.2) is 24.4 Å². The molecule has 0 spiro atoms. The summed E-state index contributed by atoms with van der Waals surface area (Å²) in [5.41, 5.74) is 0.977. The van der Waals surface area contributed by atoms with E-state index in [1.54, 1.807) is 12.3 Å². The summed E-state index contributed by atoms with van der Waals surface area (Å²) >= 11 is 0. The molecule has 1 aromatic carbocycles. The lowest BCUT2D eigenvalue weighted by Crippen LogP contribution is -2.40.